The van der Waals surface area contributed by atoms with Crippen molar-refractivity contribution in [2.45, 2.75) is 24.3 Å². The highest BCUT2D eigenvalue weighted by molar-refractivity contribution is 7.89. The molecule has 2 rings (SSSR count). The van der Waals surface area contributed by atoms with Gasteiger partial charge in [-0.25, -0.2) is 8.42 Å². The summed E-state index contributed by atoms with van der Waals surface area (Å²) in [6.45, 7) is 1.75. The Morgan fingerprint density at radius 2 is 2.14 bits per heavy atom. The lowest BCUT2D eigenvalue weighted by atomic mass is 10.2. The van der Waals surface area contributed by atoms with Crippen LogP contribution < -0.4 is 0 Å². The van der Waals surface area contributed by atoms with Gasteiger partial charge in [-0.15, -0.1) is 0 Å². The van der Waals surface area contributed by atoms with Crippen LogP contribution in [0, 0.1) is 22.9 Å². The van der Waals surface area contributed by atoms with E-state index in [1.165, 1.54) is 18.3 Å². The Bertz CT molecular complexity index is 676. The average molecular weight is 318 g/mol. The molecule has 0 N–H and O–H groups in total. The molecule has 7 nitrogen and oxygen atoms in total. The molecule has 0 aliphatic carbocycles. The molecule has 116 valence electrons. The molecule has 0 bridgehead atoms. The fourth-order valence-corrected chi connectivity index (χ4v) is 3.85. The molecule has 21 heavy (non-hydrogen) atoms. The third-order valence-corrected chi connectivity index (χ3v) is 5.33. The van der Waals surface area contributed by atoms with E-state index >= 15 is 0 Å². The lowest BCUT2D eigenvalue weighted by molar-refractivity contribution is -0.387. The summed E-state index contributed by atoms with van der Waals surface area (Å²) in [5.74, 6) is -1.02. The van der Waals surface area contributed by atoms with Gasteiger partial charge < -0.3 is 4.74 Å². The third-order valence-electron chi connectivity index (χ3n) is 3.48. The molecule has 0 radical (unpaired) electrons. The number of nitro benzene ring substituents is 1. The van der Waals surface area contributed by atoms with Crippen molar-refractivity contribution in [3.8, 4) is 0 Å². The Morgan fingerprint density at radius 3 is 2.67 bits per heavy atom. The van der Waals surface area contributed by atoms with Gasteiger partial charge >= 0.3 is 5.69 Å². The number of methoxy groups -OCH3 is 1. The van der Waals surface area contributed by atoms with Crippen LogP contribution in [0.25, 0.3) is 0 Å². The highest BCUT2D eigenvalue weighted by Gasteiger charge is 2.34. The smallest absolute Gasteiger partial charge is 0.306 e. The molecule has 1 aromatic carbocycles. The van der Waals surface area contributed by atoms with Crippen LogP contribution in [0.3, 0.4) is 0 Å². The maximum atomic E-state index is 13.6. The lowest BCUT2D eigenvalue weighted by Crippen LogP contribution is -2.30. The molecular formula is C12H15FN2O5S. The first-order valence-electron chi connectivity index (χ1n) is 6.25. The Kier molecular flexibility index (Phi) is 4.26. The van der Waals surface area contributed by atoms with Gasteiger partial charge in [0.2, 0.25) is 15.8 Å². The van der Waals surface area contributed by atoms with E-state index in [1.54, 1.807) is 0 Å². The Morgan fingerprint density at radius 1 is 1.48 bits per heavy atom. The highest BCUT2D eigenvalue weighted by Crippen LogP contribution is 2.28. The van der Waals surface area contributed by atoms with Crippen molar-refractivity contribution in [3.05, 3.63) is 33.6 Å². The van der Waals surface area contributed by atoms with Gasteiger partial charge in [0, 0.05) is 26.3 Å². The maximum Gasteiger partial charge on any atom is 0.306 e. The second kappa shape index (κ2) is 5.66. The van der Waals surface area contributed by atoms with Gasteiger partial charge in [-0.3, -0.25) is 10.1 Å². The van der Waals surface area contributed by atoms with E-state index in [2.05, 4.69) is 0 Å². The van der Waals surface area contributed by atoms with Crippen LogP contribution in [0.5, 0.6) is 0 Å². The number of halogens is 1. The number of ether oxygens (including phenoxy) is 1. The van der Waals surface area contributed by atoms with Gasteiger partial charge in [0.25, 0.3) is 0 Å². The first-order chi connectivity index (χ1) is 9.77. The maximum absolute atomic E-state index is 13.6. The normalized spacial score (nSPS) is 19.9. The second-order valence-electron chi connectivity index (χ2n) is 4.84. The first kappa shape index (κ1) is 15.8. The predicted octanol–water partition coefficient (Wildman–Crippen LogP) is 1.45. The number of nitro groups is 1. The summed E-state index contributed by atoms with van der Waals surface area (Å²) in [5, 5.41) is 10.8. The zero-order chi connectivity index (χ0) is 15.8. The SMILES string of the molecule is COC1CCN(S(=O)(=O)c2cc(C)c(F)c([N+](=O)[O-])c2)C1. The fourth-order valence-electron chi connectivity index (χ4n) is 2.26. The zero-order valence-corrected chi connectivity index (χ0v) is 12.4. The lowest BCUT2D eigenvalue weighted by Gasteiger charge is -2.16. The molecule has 1 heterocycles. The number of nitrogens with zero attached hydrogens (tertiary/aromatic N) is 2. The minimum absolute atomic E-state index is 0.0785. The van der Waals surface area contributed by atoms with Crippen LogP contribution in [-0.4, -0.2) is 43.9 Å². The number of rotatable bonds is 4. The van der Waals surface area contributed by atoms with Gasteiger partial charge in [-0.05, 0) is 25.0 Å². The molecule has 0 spiro atoms. The Balaban J connectivity index is 2.44. The van der Waals surface area contributed by atoms with Gasteiger partial charge in [0.1, 0.15) is 0 Å². The second-order valence-corrected chi connectivity index (χ2v) is 6.78. The van der Waals surface area contributed by atoms with E-state index in [0.717, 1.165) is 12.1 Å². The quantitative estimate of drug-likeness (QED) is 0.619. The van der Waals surface area contributed by atoms with Crippen molar-refractivity contribution in [2.75, 3.05) is 20.2 Å². The molecule has 1 aliphatic heterocycles. The highest BCUT2D eigenvalue weighted by atomic mass is 32.2. The summed E-state index contributed by atoms with van der Waals surface area (Å²) in [7, 11) is -2.40. The standard InChI is InChI=1S/C12H15FN2O5S/c1-8-5-10(6-11(12(8)13)15(16)17)21(18,19)14-4-3-9(7-14)20-2/h5-6,9H,3-4,7H2,1-2H3. The van der Waals surface area contributed by atoms with Crippen molar-refractivity contribution in [2.24, 2.45) is 0 Å². The third kappa shape index (κ3) is 2.89. The van der Waals surface area contributed by atoms with E-state index < -0.39 is 26.5 Å². The number of aryl methyl sites for hydroxylation is 1. The van der Waals surface area contributed by atoms with Gasteiger partial charge in [0.05, 0.1) is 15.9 Å². The van der Waals surface area contributed by atoms with E-state index in [0.29, 0.717) is 6.42 Å². The summed E-state index contributed by atoms with van der Waals surface area (Å²) >= 11 is 0. The molecule has 1 fully saturated rings. The average Bonchev–Trinajstić information content (AvgIpc) is 2.90. The number of sulfonamides is 1. The predicted molar refractivity (Wildman–Crippen MR) is 72.0 cm³/mol. The van der Waals surface area contributed by atoms with E-state index in [1.807, 2.05) is 0 Å². The van der Waals surface area contributed by atoms with Gasteiger partial charge in [-0.1, -0.05) is 0 Å². The molecular weight excluding hydrogens is 303 g/mol. The Labute approximate surface area is 121 Å². The summed E-state index contributed by atoms with van der Waals surface area (Å²) in [4.78, 5) is 9.61. The number of hydrogen-bond acceptors (Lipinski definition) is 5. The topological polar surface area (TPSA) is 89.8 Å². The molecule has 9 heteroatoms. The Hall–Kier alpha value is -1.58. The van der Waals surface area contributed by atoms with Crippen LogP contribution in [0.2, 0.25) is 0 Å². The molecule has 0 aromatic heterocycles. The molecule has 1 aliphatic rings. The summed E-state index contributed by atoms with van der Waals surface area (Å²) < 4.78 is 44.9. The van der Waals surface area contributed by atoms with Crippen LogP contribution in [0.15, 0.2) is 17.0 Å². The van der Waals surface area contributed by atoms with Crippen LogP contribution >= 0.6 is 0 Å². The summed E-state index contributed by atoms with van der Waals surface area (Å²) in [6, 6.07) is 1.87. The minimum atomic E-state index is -3.89. The van der Waals surface area contributed by atoms with Crippen LogP contribution in [0.1, 0.15) is 12.0 Å². The number of benzene rings is 1. The number of hydrogen-bond donors (Lipinski definition) is 0. The van der Waals surface area contributed by atoms with E-state index in [9.17, 15) is 22.9 Å². The summed E-state index contributed by atoms with van der Waals surface area (Å²) in [5.41, 5.74) is -0.915. The van der Waals surface area contributed by atoms with E-state index in [-0.39, 0.29) is 29.7 Å². The van der Waals surface area contributed by atoms with Gasteiger partial charge in [0.15, 0.2) is 0 Å². The molecule has 0 amide bonds. The zero-order valence-electron chi connectivity index (χ0n) is 11.6. The van der Waals surface area contributed by atoms with E-state index in [4.69, 9.17) is 4.74 Å². The largest absolute Gasteiger partial charge is 0.380 e. The van der Waals surface area contributed by atoms with Crippen LogP contribution in [0.4, 0.5) is 10.1 Å². The fraction of sp³-hybridized carbons (Fsp3) is 0.500. The molecule has 1 unspecified atom stereocenters. The van der Waals surface area contributed by atoms with Crippen molar-refractivity contribution in [3.63, 3.8) is 0 Å². The van der Waals surface area contributed by atoms with Crippen molar-refractivity contribution in [1.82, 2.24) is 4.31 Å². The summed E-state index contributed by atoms with van der Waals surface area (Å²) in [6.07, 6.45) is 0.356. The minimum Gasteiger partial charge on any atom is -0.380 e. The van der Waals surface area contributed by atoms with Crippen molar-refractivity contribution >= 4 is 15.7 Å². The molecule has 1 saturated heterocycles. The molecule has 0 saturated carbocycles. The van der Waals surface area contributed by atoms with Crippen LogP contribution in [-0.2, 0) is 14.8 Å². The van der Waals surface area contributed by atoms with Crippen molar-refractivity contribution in [1.29, 1.82) is 0 Å². The molecule has 1 aromatic rings. The van der Waals surface area contributed by atoms with Gasteiger partial charge in [-0.2, -0.15) is 8.70 Å². The van der Waals surface area contributed by atoms with Crippen molar-refractivity contribution < 1.29 is 22.5 Å². The monoisotopic (exact) mass is 318 g/mol. The first-order valence-corrected chi connectivity index (χ1v) is 7.69. The molecule has 1 atom stereocenters.